The fourth-order valence-electron chi connectivity index (χ4n) is 1.75. The van der Waals surface area contributed by atoms with Crippen molar-refractivity contribution in [3.8, 4) is 0 Å². The number of aliphatic imine (C=N–C) groups is 1. The van der Waals surface area contributed by atoms with Crippen LogP contribution in [0, 0.1) is 11.6 Å². The first-order valence-corrected chi connectivity index (χ1v) is 8.86. The Balaban J connectivity index is 0.00000484. The van der Waals surface area contributed by atoms with Gasteiger partial charge < -0.3 is 10.6 Å². The lowest BCUT2D eigenvalue weighted by atomic mass is 10.2. The molecule has 0 aliphatic rings. The molecule has 2 N–H and O–H groups in total. The first-order valence-electron chi connectivity index (χ1n) is 6.80. The standard InChI is InChI=1S/C14H21F2N3O2S.HI/c1-10(6-7-22(3,20)21)19-14(17-2)18-9-11-8-12(15)4-5-13(11)16;/h4-5,8,10H,6-7,9H2,1-3H3,(H2,17,18,19);1H. The molecule has 0 saturated carbocycles. The maximum atomic E-state index is 13.5. The fourth-order valence-corrected chi connectivity index (χ4v) is 2.53. The monoisotopic (exact) mass is 461 g/mol. The van der Waals surface area contributed by atoms with Gasteiger partial charge in [0.15, 0.2) is 5.96 Å². The van der Waals surface area contributed by atoms with E-state index in [4.69, 9.17) is 0 Å². The van der Waals surface area contributed by atoms with Crippen LogP contribution in [0.15, 0.2) is 23.2 Å². The van der Waals surface area contributed by atoms with Crippen LogP contribution in [-0.2, 0) is 16.4 Å². The molecule has 0 bridgehead atoms. The molecule has 1 atom stereocenters. The van der Waals surface area contributed by atoms with Crippen LogP contribution in [0.5, 0.6) is 0 Å². The second-order valence-corrected chi connectivity index (χ2v) is 7.39. The number of hydrogen-bond donors (Lipinski definition) is 2. The molecule has 0 radical (unpaired) electrons. The lowest BCUT2D eigenvalue weighted by Crippen LogP contribution is -2.42. The Bertz CT molecular complexity index is 639. The molecule has 9 heteroatoms. The maximum Gasteiger partial charge on any atom is 0.191 e. The van der Waals surface area contributed by atoms with Crippen LogP contribution in [0.4, 0.5) is 8.78 Å². The van der Waals surface area contributed by atoms with Crippen molar-refractivity contribution in [2.24, 2.45) is 4.99 Å². The summed E-state index contributed by atoms with van der Waals surface area (Å²) in [6, 6.07) is 3.11. The van der Waals surface area contributed by atoms with E-state index in [2.05, 4.69) is 15.6 Å². The van der Waals surface area contributed by atoms with Gasteiger partial charge in [0, 0.05) is 31.5 Å². The Kier molecular flexibility index (Phi) is 9.59. The minimum absolute atomic E-state index is 0. The summed E-state index contributed by atoms with van der Waals surface area (Å²) in [4.78, 5) is 3.97. The normalized spacial score (nSPS) is 13.2. The number of sulfone groups is 1. The van der Waals surface area contributed by atoms with Crippen molar-refractivity contribution in [1.29, 1.82) is 0 Å². The van der Waals surface area contributed by atoms with Gasteiger partial charge in [-0.1, -0.05) is 0 Å². The van der Waals surface area contributed by atoms with Crippen molar-refractivity contribution in [2.45, 2.75) is 25.9 Å². The molecule has 0 aromatic heterocycles. The second-order valence-electron chi connectivity index (χ2n) is 5.13. The van der Waals surface area contributed by atoms with Gasteiger partial charge in [-0.2, -0.15) is 0 Å². The average molecular weight is 461 g/mol. The van der Waals surface area contributed by atoms with Crippen LogP contribution >= 0.6 is 24.0 Å². The molecule has 0 fully saturated rings. The minimum Gasteiger partial charge on any atom is -0.354 e. The Morgan fingerprint density at radius 2 is 2.00 bits per heavy atom. The van der Waals surface area contributed by atoms with Crippen LogP contribution in [0.25, 0.3) is 0 Å². The molecule has 1 unspecified atom stereocenters. The first kappa shape index (κ1) is 22.0. The molecule has 0 aliphatic heterocycles. The highest BCUT2D eigenvalue weighted by Gasteiger charge is 2.10. The summed E-state index contributed by atoms with van der Waals surface area (Å²) in [5, 5.41) is 5.87. The van der Waals surface area contributed by atoms with Crippen LogP contribution in [-0.4, -0.2) is 39.5 Å². The fraction of sp³-hybridized carbons (Fsp3) is 0.500. The van der Waals surface area contributed by atoms with E-state index in [1.54, 1.807) is 7.05 Å². The summed E-state index contributed by atoms with van der Waals surface area (Å²) in [6.07, 6.45) is 1.60. The van der Waals surface area contributed by atoms with Gasteiger partial charge in [-0.05, 0) is 31.5 Å². The highest BCUT2D eigenvalue weighted by molar-refractivity contribution is 14.0. The molecule has 0 spiro atoms. The lowest BCUT2D eigenvalue weighted by molar-refractivity contribution is 0.573. The molecule has 1 aromatic carbocycles. The number of nitrogens with one attached hydrogen (secondary N) is 2. The molecular weight excluding hydrogens is 439 g/mol. The van der Waals surface area contributed by atoms with Crippen molar-refractivity contribution in [1.82, 2.24) is 10.6 Å². The molecule has 0 amide bonds. The number of guanidine groups is 1. The van der Waals surface area contributed by atoms with E-state index < -0.39 is 21.5 Å². The van der Waals surface area contributed by atoms with Crippen molar-refractivity contribution in [2.75, 3.05) is 19.1 Å². The lowest BCUT2D eigenvalue weighted by Gasteiger charge is -2.17. The number of benzene rings is 1. The van der Waals surface area contributed by atoms with Gasteiger partial charge >= 0.3 is 0 Å². The molecule has 23 heavy (non-hydrogen) atoms. The molecule has 0 heterocycles. The number of halogens is 3. The SMILES string of the molecule is CN=C(NCc1cc(F)ccc1F)NC(C)CCS(C)(=O)=O.I. The average Bonchev–Trinajstić information content (AvgIpc) is 2.43. The number of hydrogen-bond acceptors (Lipinski definition) is 3. The summed E-state index contributed by atoms with van der Waals surface area (Å²) in [5.41, 5.74) is 0.187. The Morgan fingerprint density at radius 3 is 2.57 bits per heavy atom. The number of rotatable bonds is 6. The van der Waals surface area contributed by atoms with Gasteiger partial charge in [0.1, 0.15) is 21.5 Å². The molecular formula is C14H22F2IN3O2S. The van der Waals surface area contributed by atoms with E-state index in [0.717, 1.165) is 18.2 Å². The predicted molar refractivity (Wildman–Crippen MR) is 98.9 cm³/mol. The molecule has 0 saturated heterocycles. The summed E-state index contributed by atoms with van der Waals surface area (Å²) >= 11 is 0. The van der Waals surface area contributed by atoms with Crippen molar-refractivity contribution >= 4 is 39.8 Å². The first-order chi connectivity index (χ1) is 10.2. The van der Waals surface area contributed by atoms with Crippen molar-refractivity contribution in [3.63, 3.8) is 0 Å². The van der Waals surface area contributed by atoms with Crippen LogP contribution in [0.2, 0.25) is 0 Å². The predicted octanol–water partition coefficient (Wildman–Crippen LogP) is 2.07. The van der Waals surface area contributed by atoms with Gasteiger partial charge in [0.05, 0.1) is 5.75 Å². The molecule has 1 aromatic rings. The van der Waals surface area contributed by atoms with E-state index in [1.165, 1.54) is 6.26 Å². The minimum atomic E-state index is -3.02. The smallest absolute Gasteiger partial charge is 0.191 e. The zero-order chi connectivity index (χ0) is 16.8. The van der Waals surface area contributed by atoms with E-state index in [0.29, 0.717) is 12.4 Å². The largest absolute Gasteiger partial charge is 0.354 e. The summed E-state index contributed by atoms with van der Waals surface area (Å²) in [6.45, 7) is 1.89. The highest BCUT2D eigenvalue weighted by atomic mass is 127. The summed E-state index contributed by atoms with van der Waals surface area (Å²) < 4.78 is 48.8. The van der Waals surface area contributed by atoms with E-state index in [9.17, 15) is 17.2 Å². The second kappa shape index (κ2) is 10.0. The third kappa shape index (κ3) is 9.04. The van der Waals surface area contributed by atoms with E-state index >= 15 is 0 Å². The molecule has 5 nitrogen and oxygen atoms in total. The highest BCUT2D eigenvalue weighted by Crippen LogP contribution is 2.09. The van der Waals surface area contributed by atoms with Gasteiger partial charge in [-0.3, -0.25) is 4.99 Å². The topological polar surface area (TPSA) is 70.6 Å². The van der Waals surface area contributed by atoms with Gasteiger partial charge in [0.2, 0.25) is 0 Å². The Morgan fingerprint density at radius 1 is 1.35 bits per heavy atom. The van der Waals surface area contributed by atoms with E-state index in [-0.39, 0.29) is 47.9 Å². The van der Waals surface area contributed by atoms with Gasteiger partial charge in [0.25, 0.3) is 0 Å². The maximum absolute atomic E-state index is 13.5. The van der Waals surface area contributed by atoms with Crippen LogP contribution < -0.4 is 10.6 Å². The van der Waals surface area contributed by atoms with Crippen molar-refractivity contribution < 1.29 is 17.2 Å². The van der Waals surface area contributed by atoms with E-state index in [1.807, 2.05) is 6.92 Å². The van der Waals surface area contributed by atoms with Crippen LogP contribution in [0.3, 0.4) is 0 Å². The van der Waals surface area contributed by atoms with Gasteiger partial charge in [-0.15, -0.1) is 24.0 Å². The Hall–Kier alpha value is -0.970. The van der Waals surface area contributed by atoms with Gasteiger partial charge in [-0.25, -0.2) is 17.2 Å². The van der Waals surface area contributed by atoms with Crippen LogP contribution in [0.1, 0.15) is 18.9 Å². The van der Waals surface area contributed by atoms with Crippen molar-refractivity contribution in [3.05, 3.63) is 35.4 Å². The summed E-state index contributed by atoms with van der Waals surface area (Å²) in [7, 11) is -1.48. The zero-order valence-corrected chi connectivity index (χ0v) is 16.4. The Labute approximate surface area is 152 Å². The third-order valence-corrected chi connectivity index (χ3v) is 3.96. The summed E-state index contributed by atoms with van der Waals surface area (Å²) in [5.74, 6) is -0.557. The molecule has 0 aliphatic carbocycles. The molecule has 132 valence electrons. The quantitative estimate of drug-likeness (QED) is 0.387. The number of nitrogens with zero attached hydrogens (tertiary/aromatic N) is 1. The molecule has 1 rings (SSSR count). The zero-order valence-electron chi connectivity index (χ0n) is 13.3. The third-order valence-electron chi connectivity index (χ3n) is 2.98.